The van der Waals surface area contributed by atoms with Crippen LogP contribution < -0.4 is 5.32 Å². The summed E-state index contributed by atoms with van der Waals surface area (Å²) < 4.78 is 12.7. The molecule has 0 spiro atoms. The lowest BCUT2D eigenvalue weighted by molar-refractivity contribution is 0.628. The Labute approximate surface area is 80.4 Å². The van der Waals surface area contributed by atoms with Gasteiger partial charge in [0.2, 0.25) is 0 Å². The van der Waals surface area contributed by atoms with E-state index in [1.807, 2.05) is 0 Å². The van der Waals surface area contributed by atoms with Crippen LogP contribution in [0.2, 0.25) is 5.02 Å². The molecule has 1 aromatic rings. The summed E-state index contributed by atoms with van der Waals surface area (Å²) in [6, 6.07) is 4.30. The molecule has 0 radical (unpaired) electrons. The van der Waals surface area contributed by atoms with E-state index in [-0.39, 0.29) is 5.82 Å². The van der Waals surface area contributed by atoms with E-state index >= 15 is 0 Å². The topological polar surface area (TPSA) is 24.4 Å². The molecule has 68 valence electrons. The Morgan fingerprint density at radius 3 is 2.92 bits per heavy atom. The van der Waals surface area contributed by atoms with Crippen molar-refractivity contribution in [3.63, 3.8) is 0 Å². The van der Waals surface area contributed by atoms with Crippen molar-refractivity contribution in [1.82, 2.24) is 5.32 Å². The molecule has 2 rings (SSSR count). The van der Waals surface area contributed by atoms with Gasteiger partial charge in [-0.3, -0.25) is 4.99 Å². The molecule has 0 amide bonds. The Bertz CT molecular complexity index is 363. The van der Waals surface area contributed by atoms with Gasteiger partial charge in [-0.05, 0) is 18.2 Å². The molecule has 1 aliphatic heterocycles. The SMILES string of the molecule is Fc1ccc(C2=NCCN2)c(Cl)c1. The maximum atomic E-state index is 12.7. The summed E-state index contributed by atoms with van der Waals surface area (Å²) in [5.74, 6) is 0.428. The quantitative estimate of drug-likeness (QED) is 0.732. The second kappa shape index (κ2) is 3.34. The van der Waals surface area contributed by atoms with E-state index in [0.717, 1.165) is 24.5 Å². The molecule has 0 saturated carbocycles. The largest absolute Gasteiger partial charge is 0.368 e. The van der Waals surface area contributed by atoms with Crippen molar-refractivity contribution >= 4 is 17.4 Å². The predicted molar refractivity (Wildman–Crippen MR) is 50.8 cm³/mol. The maximum absolute atomic E-state index is 12.7. The third-order valence-electron chi connectivity index (χ3n) is 1.86. The van der Waals surface area contributed by atoms with Gasteiger partial charge in [-0.15, -0.1) is 0 Å². The highest BCUT2D eigenvalue weighted by atomic mass is 35.5. The van der Waals surface area contributed by atoms with Crippen LogP contribution in [0, 0.1) is 5.82 Å². The van der Waals surface area contributed by atoms with Crippen molar-refractivity contribution in [1.29, 1.82) is 0 Å². The lowest BCUT2D eigenvalue weighted by Crippen LogP contribution is -2.19. The normalized spacial score (nSPS) is 15.4. The van der Waals surface area contributed by atoms with E-state index in [4.69, 9.17) is 11.6 Å². The van der Waals surface area contributed by atoms with Gasteiger partial charge in [0.25, 0.3) is 0 Å². The zero-order chi connectivity index (χ0) is 9.26. The molecular weight excluding hydrogens is 191 g/mol. The van der Waals surface area contributed by atoms with E-state index in [1.165, 1.54) is 12.1 Å². The predicted octanol–water partition coefficient (Wildman–Crippen LogP) is 1.83. The number of nitrogens with zero attached hydrogens (tertiary/aromatic N) is 1. The standard InChI is InChI=1S/C9H8ClFN2/c10-8-5-6(11)1-2-7(8)9-12-3-4-13-9/h1-2,5H,3-4H2,(H,12,13). The van der Waals surface area contributed by atoms with Crippen molar-refractivity contribution < 1.29 is 4.39 Å². The lowest BCUT2D eigenvalue weighted by atomic mass is 10.2. The summed E-state index contributed by atoms with van der Waals surface area (Å²) in [5, 5.41) is 3.47. The maximum Gasteiger partial charge on any atom is 0.129 e. The van der Waals surface area contributed by atoms with Gasteiger partial charge in [0.15, 0.2) is 0 Å². The van der Waals surface area contributed by atoms with Crippen LogP contribution in [0.1, 0.15) is 5.56 Å². The highest BCUT2D eigenvalue weighted by molar-refractivity contribution is 6.34. The van der Waals surface area contributed by atoms with Crippen molar-refractivity contribution in [3.05, 3.63) is 34.6 Å². The van der Waals surface area contributed by atoms with Crippen LogP contribution in [0.5, 0.6) is 0 Å². The molecule has 0 aliphatic carbocycles. The summed E-state index contributed by atoms with van der Waals surface area (Å²) in [5.41, 5.74) is 0.764. The molecule has 1 N–H and O–H groups in total. The number of amidine groups is 1. The molecule has 1 aromatic carbocycles. The molecule has 0 fully saturated rings. The Balaban J connectivity index is 2.40. The monoisotopic (exact) mass is 198 g/mol. The van der Waals surface area contributed by atoms with E-state index in [9.17, 15) is 4.39 Å². The van der Waals surface area contributed by atoms with Crippen LogP contribution in [0.4, 0.5) is 4.39 Å². The number of benzene rings is 1. The van der Waals surface area contributed by atoms with Crippen molar-refractivity contribution in [2.45, 2.75) is 0 Å². The fourth-order valence-electron chi connectivity index (χ4n) is 1.26. The number of hydrogen-bond acceptors (Lipinski definition) is 2. The van der Waals surface area contributed by atoms with Crippen LogP contribution in [0.3, 0.4) is 0 Å². The first-order chi connectivity index (χ1) is 6.27. The average Bonchev–Trinajstić information content (AvgIpc) is 2.56. The zero-order valence-electron chi connectivity index (χ0n) is 6.85. The fraction of sp³-hybridized carbons (Fsp3) is 0.222. The number of hydrogen-bond donors (Lipinski definition) is 1. The van der Waals surface area contributed by atoms with Crippen LogP contribution in [0.15, 0.2) is 23.2 Å². The van der Waals surface area contributed by atoms with Crippen molar-refractivity contribution in [2.24, 2.45) is 4.99 Å². The minimum Gasteiger partial charge on any atom is -0.368 e. The Hall–Kier alpha value is -1.09. The minimum atomic E-state index is -0.327. The third-order valence-corrected chi connectivity index (χ3v) is 2.17. The van der Waals surface area contributed by atoms with E-state index < -0.39 is 0 Å². The fourth-order valence-corrected chi connectivity index (χ4v) is 1.52. The Kier molecular flexibility index (Phi) is 2.19. The van der Waals surface area contributed by atoms with E-state index in [0.29, 0.717) is 5.02 Å². The van der Waals surface area contributed by atoms with Gasteiger partial charge in [-0.25, -0.2) is 4.39 Å². The van der Waals surface area contributed by atoms with Gasteiger partial charge in [-0.1, -0.05) is 11.6 Å². The molecule has 1 heterocycles. The molecule has 1 aliphatic rings. The van der Waals surface area contributed by atoms with E-state index in [2.05, 4.69) is 10.3 Å². The molecule has 0 aromatic heterocycles. The first-order valence-corrected chi connectivity index (χ1v) is 4.39. The van der Waals surface area contributed by atoms with Gasteiger partial charge >= 0.3 is 0 Å². The smallest absolute Gasteiger partial charge is 0.129 e. The number of halogens is 2. The summed E-state index contributed by atoms with van der Waals surface area (Å²) >= 11 is 5.85. The molecule has 0 bridgehead atoms. The highest BCUT2D eigenvalue weighted by Gasteiger charge is 2.11. The molecule has 13 heavy (non-hydrogen) atoms. The summed E-state index contributed by atoms with van der Waals surface area (Å²) in [6.07, 6.45) is 0. The molecule has 0 unspecified atom stereocenters. The third kappa shape index (κ3) is 1.65. The molecule has 0 atom stereocenters. The molecule has 4 heteroatoms. The Morgan fingerprint density at radius 1 is 1.46 bits per heavy atom. The lowest BCUT2D eigenvalue weighted by Gasteiger charge is -2.04. The van der Waals surface area contributed by atoms with Crippen LogP contribution in [-0.4, -0.2) is 18.9 Å². The first-order valence-electron chi connectivity index (χ1n) is 4.01. The minimum absolute atomic E-state index is 0.327. The van der Waals surface area contributed by atoms with Crippen LogP contribution in [0.25, 0.3) is 0 Å². The second-order valence-corrected chi connectivity index (χ2v) is 3.19. The number of aliphatic imine (C=N–C) groups is 1. The number of nitrogens with one attached hydrogen (secondary N) is 1. The average molecular weight is 199 g/mol. The molecular formula is C9H8ClFN2. The van der Waals surface area contributed by atoms with Crippen molar-refractivity contribution in [3.8, 4) is 0 Å². The van der Waals surface area contributed by atoms with Crippen LogP contribution in [-0.2, 0) is 0 Å². The van der Waals surface area contributed by atoms with Gasteiger partial charge in [0.05, 0.1) is 11.6 Å². The van der Waals surface area contributed by atoms with Gasteiger partial charge in [-0.2, -0.15) is 0 Å². The highest BCUT2D eigenvalue weighted by Crippen LogP contribution is 2.18. The first kappa shape index (κ1) is 8.51. The Morgan fingerprint density at radius 2 is 2.31 bits per heavy atom. The van der Waals surface area contributed by atoms with Crippen LogP contribution >= 0.6 is 11.6 Å². The molecule has 2 nitrogen and oxygen atoms in total. The van der Waals surface area contributed by atoms with Crippen molar-refractivity contribution in [2.75, 3.05) is 13.1 Å². The van der Waals surface area contributed by atoms with Gasteiger partial charge < -0.3 is 5.32 Å². The summed E-state index contributed by atoms with van der Waals surface area (Å²) in [4.78, 5) is 4.20. The van der Waals surface area contributed by atoms with Gasteiger partial charge in [0, 0.05) is 12.1 Å². The molecule has 0 saturated heterocycles. The van der Waals surface area contributed by atoms with E-state index in [1.54, 1.807) is 6.07 Å². The summed E-state index contributed by atoms with van der Waals surface area (Å²) in [7, 11) is 0. The number of rotatable bonds is 1. The second-order valence-electron chi connectivity index (χ2n) is 2.78. The summed E-state index contributed by atoms with van der Waals surface area (Å²) in [6.45, 7) is 1.58. The zero-order valence-corrected chi connectivity index (χ0v) is 7.61. The van der Waals surface area contributed by atoms with Gasteiger partial charge in [0.1, 0.15) is 11.7 Å².